The summed E-state index contributed by atoms with van der Waals surface area (Å²) in [5, 5.41) is 3.22. The molecule has 0 amide bonds. The molecule has 26 heavy (non-hydrogen) atoms. The fraction of sp³-hybridized carbons (Fsp3) is 1.00. The molecule has 2 aliphatic heterocycles. The second-order valence-electron chi connectivity index (χ2n) is 5.88. The van der Waals surface area contributed by atoms with Crippen molar-refractivity contribution in [3.05, 3.63) is 10.4 Å². The Bertz CT molecular complexity index is 552. The summed E-state index contributed by atoms with van der Waals surface area (Å²) in [6.07, 6.45) is 1.98. The first-order valence-corrected chi connectivity index (χ1v) is 9.65. The number of alkyl halides is 3. The summed E-state index contributed by atoms with van der Waals surface area (Å²) in [5.41, 5.74) is 5.12. The highest BCUT2D eigenvalue weighted by atomic mass is 32.2. The zero-order valence-electron chi connectivity index (χ0n) is 15.7. The zero-order chi connectivity index (χ0) is 20.8. The van der Waals surface area contributed by atoms with Crippen LogP contribution in [0.4, 0.5) is 13.2 Å². The second-order valence-corrected chi connectivity index (χ2v) is 7.53. The number of rotatable bonds is 5. The first-order chi connectivity index (χ1) is 12.6. The van der Waals surface area contributed by atoms with E-state index in [0.29, 0.717) is 39.3 Å². The Morgan fingerprint density at radius 3 is 1.96 bits per heavy atom. The third-order valence-electron chi connectivity index (χ3n) is 3.73. The number of ether oxygens (including phenoxy) is 2. The largest absolute Gasteiger partial charge is 0.381 e. The van der Waals surface area contributed by atoms with Crippen molar-refractivity contribution in [1.82, 2.24) is 0 Å². The lowest BCUT2D eigenvalue weighted by molar-refractivity contribution is -0.0311. The average Bonchev–Trinajstić information content (AvgIpc) is 2.61. The molecule has 2 aliphatic rings. The average molecular weight is 406 g/mol. The van der Waals surface area contributed by atoms with Gasteiger partial charge in [0, 0.05) is 57.0 Å². The minimum absolute atomic E-state index is 0.0626. The Labute approximate surface area is 153 Å². The Balaban J connectivity index is 0.000000442. The Morgan fingerprint density at radius 1 is 1.15 bits per heavy atom. The van der Waals surface area contributed by atoms with E-state index in [4.69, 9.17) is 16.4 Å². The van der Waals surface area contributed by atoms with Crippen molar-refractivity contribution in [3.63, 3.8) is 0 Å². The highest BCUT2D eigenvalue weighted by Crippen LogP contribution is 2.26. The van der Waals surface area contributed by atoms with Crippen LogP contribution in [0.1, 0.15) is 27.1 Å². The molecule has 154 valence electrons. The summed E-state index contributed by atoms with van der Waals surface area (Å²) in [6, 6.07) is 0. The lowest BCUT2D eigenvalue weighted by Gasteiger charge is -2.28. The van der Waals surface area contributed by atoms with Gasteiger partial charge in [0.05, 0.1) is 21.3 Å². The van der Waals surface area contributed by atoms with Gasteiger partial charge in [0.25, 0.3) is 10.1 Å². The van der Waals surface area contributed by atoms with Crippen LogP contribution in [-0.2, 0) is 23.8 Å². The molecule has 2 rings (SSSR count). The van der Waals surface area contributed by atoms with Gasteiger partial charge in [-0.1, -0.05) is 5.11 Å². The van der Waals surface area contributed by atoms with Gasteiger partial charge in [0.1, 0.15) is 17.9 Å². The molecule has 12 heteroatoms. The summed E-state index contributed by atoms with van der Waals surface area (Å²) in [7, 11) is -4.54. The summed E-state index contributed by atoms with van der Waals surface area (Å²) in [6.45, 7) is 1.05. The quantitative estimate of drug-likeness (QED) is 0.302. The maximum Gasteiger partial charge on any atom is 0.264 e. The molecule has 0 bridgehead atoms. The van der Waals surface area contributed by atoms with Crippen molar-refractivity contribution in [2.45, 2.75) is 37.0 Å². The van der Waals surface area contributed by atoms with E-state index in [-0.39, 0.29) is 19.4 Å². The van der Waals surface area contributed by atoms with E-state index in [0.717, 1.165) is 6.26 Å². The third kappa shape index (κ3) is 11.5. The number of hydrogen-bond acceptors (Lipinski definition) is 6. The highest BCUT2D eigenvalue weighted by molar-refractivity contribution is 7.85. The van der Waals surface area contributed by atoms with E-state index in [2.05, 4.69) is 14.2 Å². The van der Waals surface area contributed by atoms with Crippen LogP contribution in [0.15, 0.2) is 5.11 Å². The van der Waals surface area contributed by atoms with E-state index < -0.39 is 35.2 Å². The predicted octanol–water partition coefficient (Wildman–Crippen LogP) is 2.88. The van der Waals surface area contributed by atoms with Crippen LogP contribution in [0.25, 0.3) is 10.4 Å². The molecule has 0 aromatic heterocycles. The van der Waals surface area contributed by atoms with Gasteiger partial charge in [-0.05, 0) is 5.53 Å². The Hall–Kier alpha value is -1.07. The summed E-state index contributed by atoms with van der Waals surface area (Å²) < 4.78 is 78.1. The minimum atomic E-state index is -3.54. The van der Waals surface area contributed by atoms with Crippen molar-refractivity contribution in [1.29, 1.82) is 0 Å². The lowest BCUT2D eigenvalue weighted by Crippen LogP contribution is -2.37. The molecule has 8 nitrogen and oxygen atoms in total. The molecule has 0 unspecified atom stereocenters. The first kappa shape index (κ1) is 23.0. The van der Waals surface area contributed by atoms with Gasteiger partial charge in [-0.15, -0.1) is 0 Å². The van der Waals surface area contributed by atoms with E-state index in [9.17, 15) is 21.6 Å². The van der Waals surface area contributed by atoms with Crippen molar-refractivity contribution < 1.29 is 36.6 Å². The molecule has 0 radical (unpaired) electrons. The summed E-state index contributed by atoms with van der Waals surface area (Å²) >= 11 is 0. The Morgan fingerprint density at radius 2 is 1.58 bits per heavy atom. The molecule has 0 N–H and O–H groups in total. The van der Waals surface area contributed by atoms with E-state index >= 15 is 0 Å². The van der Waals surface area contributed by atoms with Crippen LogP contribution >= 0.6 is 0 Å². The number of azide groups is 1. The molecule has 2 heterocycles. The van der Waals surface area contributed by atoms with Gasteiger partial charge in [0.2, 0.25) is 0 Å². The van der Waals surface area contributed by atoms with Crippen LogP contribution in [-0.4, -0.2) is 72.7 Å². The van der Waals surface area contributed by atoms with Gasteiger partial charge in [-0.25, -0.2) is 8.78 Å². The fourth-order valence-electron chi connectivity index (χ4n) is 2.15. The molecule has 0 aromatic carbocycles. The van der Waals surface area contributed by atoms with E-state index in [1.807, 2.05) is 0 Å². The summed E-state index contributed by atoms with van der Waals surface area (Å²) in [4.78, 5) is 2.52. The smallest absolute Gasteiger partial charge is 0.264 e. The topological polar surface area (TPSA) is 111 Å². The first-order valence-electron chi connectivity index (χ1n) is 8.54. The summed E-state index contributed by atoms with van der Waals surface area (Å²) in [5.74, 6) is 0. The molecule has 2 saturated heterocycles. The van der Waals surface area contributed by atoms with Crippen LogP contribution < -0.4 is 0 Å². The molecule has 0 aliphatic carbocycles. The third-order valence-corrected chi connectivity index (χ3v) is 4.27. The van der Waals surface area contributed by atoms with Crippen LogP contribution in [0.5, 0.6) is 0 Å². The van der Waals surface area contributed by atoms with Crippen LogP contribution in [0, 0.1) is 0 Å². The van der Waals surface area contributed by atoms with Crippen molar-refractivity contribution in [2.75, 3.05) is 53.0 Å². The van der Waals surface area contributed by atoms with E-state index in [1.165, 1.54) is 0 Å². The molecule has 0 aromatic rings. The standard InChI is InChI=1S/C7H13FO4S.C6H10FN3O.CH3F/c1-13(9,10)12-6-7(8)2-4-11-5-3-7;7-6(5-9-10-8)1-3-11-4-2-6;1-2/h2-6H2,1H3;1-5H2;1H3/i;;1D. The predicted molar refractivity (Wildman–Crippen MR) is 89.6 cm³/mol. The van der Waals surface area contributed by atoms with Crippen molar-refractivity contribution in [2.24, 2.45) is 5.11 Å². The highest BCUT2D eigenvalue weighted by Gasteiger charge is 2.34. The maximum absolute atomic E-state index is 13.6. The molecular formula is C14H26F3N3O5S. The monoisotopic (exact) mass is 406 g/mol. The molecule has 2 fully saturated rings. The van der Waals surface area contributed by atoms with Gasteiger partial charge in [-0.2, -0.15) is 8.42 Å². The van der Waals surface area contributed by atoms with Crippen molar-refractivity contribution >= 4 is 10.1 Å². The molecule has 0 spiro atoms. The molecular weight excluding hydrogens is 379 g/mol. The van der Waals surface area contributed by atoms with Crippen LogP contribution in [0.2, 0.25) is 0 Å². The minimum Gasteiger partial charge on any atom is -0.381 e. The fourth-order valence-corrected chi connectivity index (χ4v) is 2.57. The van der Waals surface area contributed by atoms with Crippen LogP contribution in [0.3, 0.4) is 0 Å². The number of hydrogen-bond donors (Lipinski definition) is 0. The van der Waals surface area contributed by atoms with Gasteiger partial charge in [0.15, 0.2) is 0 Å². The zero-order valence-corrected chi connectivity index (χ0v) is 15.5. The van der Waals surface area contributed by atoms with Gasteiger partial charge >= 0.3 is 0 Å². The normalized spacial score (nSPS) is 21.6. The van der Waals surface area contributed by atoms with Gasteiger partial charge < -0.3 is 9.47 Å². The molecule has 0 saturated carbocycles. The Kier molecular flexibility index (Phi) is 10.9. The second kappa shape index (κ2) is 12.3. The molecule has 0 atom stereocenters. The maximum atomic E-state index is 13.6. The SMILES string of the molecule is CS(=O)(=O)OCC1(F)CCOCC1.[2H]CF.[N-]=[N+]=NCC1(F)CCOCC1. The van der Waals surface area contributed by atoms with Crippen molar-refractivity contribution in [3.8, 4) is 0 Å². The lowest BCUT2D eigenvalue weighted by atomic mass is 9.97. The number of halogens is 3. The number of nitrogens with zero attached hydrogens (tertiary/aromatic N) is 3. The van der Waals surface area contributed by atoms with Gasteiger partial charge in [-0.3, -0.25) is 8.57 Å². The van der Waals surface area contributed by atoms with E-state index in [1.54, 1.807) is 0 Å².